The molecule has 0 bridgehead atoms. The Bertz CT molecular complexity index is 628. The molecular weight excluding hydrogens is 254 g/mol. The number of nitrogens with two attached hydrogens (primary N) is 1. The number of benzene rings is 1. The van der Waals surface area contributed by atoms with Crippen molar-refractivity contribution in [1.82, 2.24) is 0 Å². The SMILES string of the molecule is NC(Cc1ccc(-c2ccccc2)o1)c1cccs1. The van der Waals surface area contributed by atoms with Crippen molar-refractivity contribution in [2.45, 2.75) is 12.5 Å². The maximum absolute atomic E-state index is 6.17. The van der Waals surface area contributed by atoms with E-state index in [1.165, 1.54) is 4.88 Å². The van der Waals surface area contributed by atoms with Crippen molar-refractivity contribution in [3.8, 4) is 11.3 Å². The van der Waals surface area contributed by atoms with Crippen LogP contribution in [0.1, 0.15) is 16.7 Å². The van der Waals surface area contributed by atoms with Crippen molar-refractivity contribution in [2.75, 3.05) is 0 Å². The molecule has 0 aliphatic heterocycles. The second kappa shape index (κ2) is 5.43. The highest BCUT2D eigenvalue weighted by Crippen LogP contribution is 2.25. The van der Waals surface area contributed by atoms with Crippen molar-refractivity contribution in [1.29, 1.82) is 0 Å². The van der Waals surface area contributed by atoms with Crippen molar-refractivity contribution in [3.63, 3.8) is 0 Å². The van der Waals surface area contributed by atoms with Gasteiger partial charge in [0.25, 0.3) is 0 Å². The summed E-state index contributed by atoms with van der Waals surface area (Å²) < 4.78 is 5.86. The highest BCUT2D eigenvalue weighted by molar-refractivity contribution is 7.10. The molecular formula is C16H15NOS. The predicted octanol–water partition coefficient (Wildman–Crippen LogP) is 4.25. The first kappa shape index (κ1) is 12.2. The highest BCUT2D eigenvalue weighted by Gasteiger charge is 2.11. The number of hydrogen-bond donors (Lipinski definition) is 1. The van der Waals surface area contributed by atoms with Gasteiger partial charge in [-0.2, -0.15) is 0 Å². The van der Waals surface area contributed by atoms with Crippen LogP contribution in [0.3, 0.4) is 0 Å². The van der Waals surface area contributed by atoms with Crippen LogP contribution >= 0.6 is 11.3 Å². The molecule has 0 saturated heterocycles. The first-order chi connectivity index (χ1) is 9.33. The fourth-order valence-electron chi connectivity index (χ4n) is 2.06. The molecule has 96 valence electrons. The second-order valence-electron chi connectivity index (χ2n) is 4.46. The zero-order valence-electron chi connectivity index (χ0n) is 10.5. The molecule has 3 rings (SSSR count). The summed E-state index contributed by atoms with van der Waals surface area (Å²) in [6, 6.07) is 18.2. The summed E-state index contributed by atoms with van der Waals surface area (Å²) >= 11 is 1.69. The summed E-state index contributed by atoms with van der Waals surface area (Å²) in [4.78, 5) is 1.19. The molecule has 2 N–H and O–H groups in total. The summed E-state index contributed by atoms with van der Waals surface area (Å²) in [6.07, 6.45) is 0.730. The van der Waals surface area contributed by atoms with Gasteiger partial charge in [0, 0.05) is 22.9 Å². The topological polar surface area (TPSA) is 39.2 Å². The Balaban J connectivity index is 1.75. The van der Waals surface area contributed by atoms with Crippen molar-refractivity contribution in [3.05, 3.63) is 70.6 Å². The fraction of sp³-hybridized carbons (Fsp3) is 0.125. The molecule has 0 radical (unpaired) electrons. The Morgan fingerprint density at radius 2 is 1.84 bits per heavy atom. The van der Waals surface area contributed by atoms with Gasteiger partial charge in [0.1, 0.15) is 11.5 Å². The standard InChI is InChI=1S/C16H15NOS/c17-14(16-7-4-10-19-16)11-13-8-9-15(18-13)12-5-2-1-3-6-12/h1-10,14H,11,17H2. The van der Waals surface area contributed by atoms with Gasteiger partial charge in [-0.15, -0.1) is 11.3 Å². The van der Waals surface area contributed by atoms with Gasteiger partial charge in [0.2, 0.25) is 0 Å². The van der Waals surface area contributed by atoms with Gasteiger partial charge in [-0.25, -0.2) is 0 Å². The lowest BCUT2D eigenvalue weighted by Crippen LogP contribution is -2.11. The van der Waals surface area contributed by atoms with E-state index in [-0.39, 0.29) is 6.04 Å². The highest BCUT2D eigenvalue weighted by atomic mass is 32.1. The van der Waals surface area contributed by atoms with Gasteiger partial charge < -0.3 is 10.2 Å². The van der Waals surface area contributed by atoms with Crippen LogP contribution in [0.15, 0.2) is 64.4 Å². The molecule has 2 heterocycles. The zero-order chi connectivity index (χ0) is 13.1. The largest absolute Gasteiger partial charge is 0.461 e. The van der Waals surface area contributed by atoms with Gasteiger partial charge in [-0.05, 0) is 23.6 Å². The summed E-state index contributed by atoms with van der Waals surface area (Å²) in [5.41, 5.74) is 7.27. The van der Waals surface area contributed by atoms with Crippen molar-refractivity contribution in [2.24, 2.45) is 5.73 Å². The van der Waals surface area contributed by atoms with E-state index in [9.17, 15) is 0 Å². The number of thiophene rings is 1. The number of hydrogen-bond acceptors (Lipinski definition) is 3. The van der Waals surface area contributed by atoms with E-state index in [0.29, 0.717) is 0 Å². The molecule has 0 spiro atoms. The summed E-state index contributed by atoms with van der Waals surface area (Å²) in [5.74, 6) is 1.83. The Morgan fingerprint density at radius 3 is 2.58 bits per heavy atom. The molecule has 3 aromatic rings. The van der Waals surface area contributed by atoms with Crippen LogP contribution in [-0.2, 0) is 6.42 Å². The Hall–Kier alpha value is -1.84. The molecule has 19 heavy (non-hydrogen) atoms. The lowest BCUT2D eigenvalue weighted by atomic mass is 10.1. The lowest BCUT2D eigenvalue weighted by molar-refractivity contribution is 0.501. The third kappa shape index (κ3) is 2.78. The first-order valence-corrected chi connectivity index (χ1v) is 7.14. The Labute approximate surface area is 116 Å². The van der Waals surface area contributed by atoms with Gasteiger partial charge in [-0.3, -0.25) is 0 Å². The second-order valence-corrected chi connectivity index (χ2v) is 5.44. The van der Waals surface area contributed by atoms with Crippen LogP contribution in [0.2, 0.25) is 0 Å². The third-order valence-corrected chi connectivity index (χ3v) is 4.05. The fourth-order valence-corrected chi connectivity index (χ4v) is 2.79. The van der Waals surface area contributed by atoms with E-state index < -0.39 is 0 Å². The average Bonchev–Trinajstić information content (AvgIpc) is 3.11. The third-order valence-electron chi connectivity index (χ3n) is 3.05. The normalized spacial score (nSPS) is 12.5. The molecule has 3 heteroatoms. The lowest BCUT2D eigenvalue weighted by Gasteiger charge is -2.06. The molecule has 1 unspecified atom stereocenters. The molecule has 2 nitrogen and oxygen atoms in total. The Morgan fingerprint density at radius 1 is 1.00 bits per heavy atom. The average molecular weight is 269 g/mol. The van der Waals surface area contributed by atoms with Crippen molar-refractivity contribution >= 4 is 11.3 Å². The van der Waals surface area contributed by atoms with Crippen LogP contribution in [0.4, 0.5) is 0 Å². The minimum Gasteiger partial charge on any atom is -0.461 e. The molecule has 0 saturated carbocycles. The molecule has 0 fully saturated rings. The van der Waals surface area contributed by atoms with E-state index in [2.05, 4.69) is 6.07 Å². The van der Waals surface area contributed by atoms with Crippen LogP contribution in [-0.4, -0.2) is 0 Å². The zero-order valence-corrected chi connectivity index (χ0v) is 11.3. The van der Waals surface area contributed by atoms with E-state index in [0.717, 1.165) is 23.5 Å². The van der Waals surface area contributed by atoms with Gasteiger partial charge in [0.05, 0.1) is 0 Å². The summed E-state index contributed by atoms with van der Waals surface area (Å²) in [5, 5.41) is 2.05. The molecule has 0 amide bonds. The summed E-state index contributed by atoms with van der Waals surface area (Å²) in [7, 11) is 0. The molecule has 1 aromatic carbocycles. The monoisotopic (exact) mass is 269 g/mol. The minimum atomic E-state index is 0.00905. The maximum Gasteiger partial charge on any atom is 0.134 e. The van der Waals surface area contributed by atoms with E-state index in [1.54, 1.807) is 11.3 Å². The van der Waals surface area contributed by atoms with E-state index in [1.807, 2.05) is 53.9 Å². The quantitative estimate of drug-likeness (QED) is 0.769. The molecule has 0 aliphatic rings. The van der Waals surface area contributed by atoms with Crippen molar-refractivity contribution < 1.29 is 4.42 Å². The van der Waals surface area contributed by atoms with Gasteiger partial charge >= 0.3 is 0 Å². The van der Waals surface area contributed by atoms with Crippen LogP contribution in [0, 0.1) is 0 Å². The van der Waals surface area contributed by atoms with Crippen LogP contribution in [0.5, 0.6) is 0 Å². The smallest absolute Gasteiger partial charge is 0.134 e. The van der Waals surface area contributed by atoms with Crippen LogP contribution in [0.25, 0.3) is 11.3 Å². The Kier molecular flexibility index (Phi) is 3.49. The molecule has 0 aliphatic carbocycles. The maximum atomic E-state index is 6.17. The van der Waals surface area contributed by atoms with Gasteiger partial charge in [-0.1, -0.05) is 36.4 Å². The van der Waals surface area contributed by atoms with E-state index >= 15 is 0 Å². The molecule has 1 atom stereocenters. The first-order valence-electron chi connectivity index (χ1n) is 6.26. The number of furan rings is 1. The van der Waals surface area contributed by atoms with Crippen LogP contribution < -0.4 is 5.73 Å². The van der Waals surface area contributed by atoms with E-state index in [4.69, 9.17) is 10.2 Å². The number of rotatable bonds is 4. The molecule has 2 aromatic heterocycles. The van der Waals surface area contributed by atoms with Gasteiger partial charge in [0.15, 0.2) is 0 Å². The summed E-state index contributed by atoms with van der Waals surface area (Å²) in [6.45, 7) is 0. The minimum absolute atomic E-state index is 0.00905. The predicted molar refractivity (Wildman–Crippen MR) is 79.1 cm³/mol.